The van der Waals surface area contributed by atoms with Gasteiger partial charge in [0.1, 0.15) is 5.82 Å². The van der Waals surface area contributed by atoms with Crippen LogP contribution >= 0.6 is 0 Å². The molecule has 2 saturated carbocycles. The summed E-state index contributed by atoms with van der Waals surface area (Å²) < 4.78 is 50.6. The predicted molar refractivity (Wildman–Crippen MR) is 181 cm³/mol. The summed E-state index contributed by atoms with van der Waals surface area (Å²) in [5.41, 5.74) is 3.07. The highest BCUT2D eigenvalue weighted by Gasteiger charge is 2.31. The van der Waals surface area contributed by atoms with Crippen molar-refractivity contribution in [2.75, 3.05) is 6.61 Å². The van der Waals surface area contributed by atoms with Crippen LogP contribution in [0.1, 0.15) is 115 Å². The van der Waals surface area contributed by atoms with Crippen LogP contribution in [0.4, 0.5) is 13.2 Å². The van der Waals surface area contributed by atoms with Crippen molar-refractivity contribution in [1.82, 2.24) is 0 Å². The molecule has 0 saturated heterocycles. The van der Waals surface area contributed by atoms with Crippen LogP contribution in [0.3, 0.4) is 0 Å². The number of rotatable bonds is 13. The SMILES string of the molecule is CC=CCCC1CCC(C2CCC(c3ccc(-c4ccc(-c5ccc(OCCCCCC)c(F)c5F)cc4)c(F)c3)CC2)CC1. The topological polar surface area (TPSA) is 9.23 Å². The normalized spacial score (nSPS) is 22.2. The summed E-state index contributed by atoms with van der Waals surface area (Å²) in [6.45, 7) is 4.60. The van der Waals surface area contributed by atoms with Crippen LogP contribution in [0, 0.1) is 35.2 Å². The summed E-state index contributed by atoms with van der Waals surface area (Å²) in [5.74, 6) is 0.866. The smallest absolute Gasteiger partial charge is 0.201 e. The minimum absolute atomic E-state index is 0.0571. The van der Waals surface area contributed by atoms with Gasteiger partial charge in [-0.2, -0.15) is 4.39 Å². The van der Waals surface area contributed by atoms with E-state index in [0.29, 0.717) is 23.7 Å². The summed E-state index contributed by atoms with van der Waals surface area (Å²) in [7, 11) is 0. The first kappa shape index (κ1) is 33.4. The third-order valence-corrected chi connectivity index (χ3v) is 10.6. The van der Waals surface area contributed by atoms with E-state index in [1.807, 2.05) is 6.07 Å². The Morgan fingerprint density at radius 1 is 0.711 bits per heavy atom. The zero-order valence-corrected chi connectivity index (χ0v) is 27.3. The Labute approximate surface area is 269 Å². The number of unbranched alkanes of at least 4 members (excludes halogenated alkanes) is 3. The summed E-state index contributed by atoms with van der Waals surface area (Å²) in [5, 5.41) is 0. The molecule has 1 nitrogen and oxygen atoms in total. The van der Waals surface area contributed by atoms with E-state index in [0.717, 1.165) is 67.4 Å². The fourth-order valence-corrected chi connectivity index (χ4v) is 7.80. The molecular formula is C41H51F3O. The third kappa shape index (κ3) is 8.63. The Balaban J connectivity index is 1.15. The maximum Gasteiger partial charge on any atom is 0.201 e. The van der Waals surface area contributed by atoms with Gasteiger partial charge in [0.25, 0.3) is 0 Å². The Hall–Kier alpha value is -3.01. The number of halogens is 3. The van der Waals surface area contributed by atoms with E-state index < -0.39 is 11.6 Å². The van der Waals surface area contributed by atoms with Gasteiger partial charge < -0.3 is 4.74 Å². The Kier molecular flexibility index (Phi) is 12.2. The van der Waals surface area contributed by atoms with Gasteiger partial charge in [-0.25, -0.2) is 8.78 Å². The van der Waals surface area contributed by atoms with Crippen molar-refractivity contribution >= 4 is 0 Å². The standard InChI is InChI=1S/C41H51F3O/c1-3-5-7-9-27-45-39-26-25-37(40(43)41(39)44)34-21-19-33(20-22-34)36-24-23-35(28-38(36)42)32-17-15-31(16-18-32)30-13-11-29(12-14-30)10-8-6-4-2/h4,6,19-26,28-32H,3,5,7-18,27H2,1-2H3. The Bertz CT molecular complexity index is 1380. The van der Waals surface area contributed by atoms with Gasteiger partial charge in [0.2, 0.25) is 5.82 Å². The maximum absolute atomic E-state index is 15.4. The number of benzene rings is 3. The van der Waals surface area contributed by atoms with E-state index >= 15 is 4.39 Å². The molecule has 0 bridgehead atoms. The molecule has 0 N–H and O–H groups in total. The zero-order chi connectivity index (χ0) is 31.6. The molecule has 3 aromatic carbocycles. The second-order valence-electron chi connectivity index (χ2n) is 13.5. The summed E-state index contributed by atoms with van der Waals surface area (Å²) >= 11 is 0. The molecule has 0 aliphatic heterocycles. The van der Waals surface area contributed by atoms with Crippen LogP contribution in [0.5, 0.6) is 5.75 Å². The van der Waals surface area contributed by atoms with E-state index in [1.165, 1.54) is 57.4 Å². The molecule has 0 radical (unpaired) electrons. The number of ether oxygens (including phenoxy) is 1. The van der Waals surface area contributed by atoms with Crippen molar-refractivity contribution in [3.8, 4) is 28.0 Å². The minimum atomic E-state index is -0.967. The van der Waals surface area contributed by atoms with Crippen molar-refractivity contribution in [2.45, 2.75) is 110 Å². The van der Waals surface area contributed by atoms with Crippen LogP contribution < -0.4 is 4.74 Å². The van der Waals surface area contributed by atoms with Crippen molar-refractivity contribution < 1.29 is 17.9 Å². The summed E-state index contributed by atoms with van der Waals surface area (Å²) in [6.07, 6.45) is 21.4. The lowest BCUT2D eigenvalue weighted by atomic mass is 9.68. The van der Waals surface area contributed by atoms with Crippen LogP contribution in [0.15, 0.2) is 66.7 Å². The van der Waals surface area contributed by atoms with E-state index in [2.05, 4.69) is 32.1 Å². The quantitative estimate of drug-likeness (QED) is 0.137. The minimum Gasteiger partial charge on any atom is -0.490 e. The summed E-state index contributed by atoms with van der Waals surface area (Å²) in [4.78, 5) is 0. The van der Waals surface area contributed by atoms with E-state index in [-0.39, 0.29) is 17.1 Å². The van der Waals surface area contributed by atoms with Gasteiger partial charge in [-0.15, -0.1) is 0 Å². The van der Waals surface area contributed by atoms with Crippen molar-refractivity contribution in [2.24, 2.45) is 17.8 Å². The zero-order valence-electron chi connectivity index (χ0n) is 27.3. The third-order valence-electron chi connectivity index (χ3n) is 10.6. The highest BCUT2D eigenvalue weighted by Crippen LogP contribution is 2.45. The second kappa shape index (κ2) is 16.5. The molecular weight excluding hydrogens is 565 g/mol. The van der Waals surface area contributed by atoms with E-state index in [1.54, 1.807) is 36.4 Å². The molecule has 0 unspecified atom stereocenters. The molecule has 2 fully saturated rings. The van der Waals surface area contributed by atoms with E-state index in [4.69, 9.17) is 4.74 Å². The van der Waals surface area contributed by atoms with Gasteiger partial charge in [0.05, 0.1) is 6.61 Å². The van der Waals surface area contributed by atoms with Crippen LogP contribution in [0.25, 0.3) is 22.3 Å². The lowest BCUT2D eigenvalue weighted by molar-refractivity contribution is 0.157. The van der Waals surface area contributed by atoms with Crippen LogP contribution in [-0.2, 0) is 0 Å². The molecule has 0 heterocycles. The van der Waals surface area contributed by atoms with Gasteiger partial charge in [-0.05, 0) is 123 Å². The van der Waals surface area contributed by atoms with Gasteiger partial charge in [0.15, 0.2) is 11.6 Å². The molecule has 0 spiro atoms. The van der Waals surface area contributed by atoms with Gasteiger partial charge >= 0.3 is 0 Å². The molecule has 5 rings (SSSR count). The van der Waals surface area contributed by atoms with Crippen molar-refractivity contribution in [3.05, 3.63) is 89.8 Å². The van der Waals surface area contributed by atoms with Crippen molar-refractivity contribution in [3.63, 3.8) is 0 Å². The fourth-order valence-electron chi connectivity index (χ4n) is 7.80. The molecule has 4 heteroatoms. The maximum atomic E-state index is 15.4. The largest absolute Gasteiger partial charge is 0.490 e. The average Bonchev–Trinajstić information content (AvgIpc) is 3.07. The number of hydrogen-bond acceptors (Lipinski definition) is 1. The fraction of sp³-hybridized carbons (Fsp3) is 0.512. The molecule has 0 amide bonds. The van der Waals surface area contributed by atoms with Gasteiger partial charge in [-0.1, -0.05) is 87.6 Å². The first-order chi connectivity index (χ1) is 22.0. The molecule has 2 aliphatic carbocycles. The molecule has 0 atom stereocenters. The molecule has 45 heavy (non-hydrogen) atoms. The molecule has 2 aliphatic rings. The Morgan fingerprint density at radius 2 is 1.36 bits per heavy atom. The highest BCUT2D eigenvalue weighted by atomic mass is 19.2. The second-order valence-corrected chi connectivity index (χ2v) is 13.5. The van der Waals surface area contributed by atoms with Crippen molar-refractivity contribution in [1.29, 1.82) is 0 Å². The molecule has 3 aromatic rings. The lowest BCUT2D eigenvalue weighted by Gasteiger charge is -2.38. The highest BCUT2D eigenvalue weighted by molar-refractivity contribution is 5.71. The summed E-state index contributed by atoms with van der Waals surface area (Å²) in [6, 6.07) is 15.7. The molecule has 0 aromatic heterocycles. The van der Waals surface area contributed by atoms with Gasteiger partial charge in [0, 0.05) is 11.1 Å². The van der Waals surface area contributed by atoms with Gasteiger partial charge in [-0.3, -0.25) is 0 Å². The monoisotopic (exact) mass is 616 g/mol. The lowest BCUT2D eigenvalue weighted by Crippen LogP contribution is -2.25. The van der Waals surface area contributed by atoms with E-state index in [9.17, 15) is 8.78 Å². The Morgan fingerprint density at radius 3 is 2.00 bits per heavy atom. The van der Waals surface area contributed by atoms with Crippen LogP contribution in [-0.4, -0.2) is 6.61 Å². The van der Waals surface area contributed by atoms with Crippen LogP contribution in [0.2, 0.25) is 0 Å². The number of hydrogen-bond donors (Lipinski definition) is 0. The first-order valence-electron chi connectivity index (χ1n) is 17.6. The predicted octanol–water partition coefficient (Wildman–Crippen LogP) is 12.8. The number of allylic oxidation sites excluding steroid dienone is 2. The molecule has 242 valence electrons. The first-order valence-corrected chi connectivity index (χ1v) is 17.6. The average molecular weight is 617 g/mol.